The quantitative estimate of drug-likeness (QED) is 0.635. The average Bonchev–Trinajstić information content (AvgIpc) is 2.66. The Labute approximate surface area is 166 Å². The maximum Gasteiger partial charge on any atom is 0.288 e. The molecule has 0 aliphatic rings. The van der Waals surface area contributed by atoms with Crippen LogP contribution >= 0.6 is 11.8 Å². The predicted molar refractivity (Wildman–Crippen MR) is 106 cm³/mol. The number of carbonyl (C=O) groups is 2. The number of methoxy groups -OCH3 is 1. The smallest absolute Gasteiger partial charge is 0.288 e. The van der Waals surface area contributed by atoms with Crippen molar-refractivity contribution in [1.29, 1.82) is 0 Å². The zero-order valence-corrected chi connectivity index (χ0v) is 16.6. The minimum atomic E-state index is -2.50. The van der Waals surface area contributed by atoms with Crippen LogP contribution < -0.4 is 15.4 Å². The van der Waals surface area contributed by atoms with Crippen LogP contribution in [0.1, 0.15) is 24.2 Å². The summed E-state index contributed by atoms with van der Waals surface area (Å²) in [6.45, 7) is 3.64. The zero-order chi connectivity index (χ0) is 20.7. The van der Waals surface area contributed by atoms with E-state index in [1.54, 1.807) is 36.4 Å². The number of amides is 2. The number of benzene rings is 2. The van der Waals surface area contributed by atoms with E-state index in [4.69, 9.17) is 4.74 Å². The lowest BCUT2D eigenvalue weighted by Crippen LogP contribution is -2.47. The molecule has 28 heavy (non-hydrogen) atoms. The van der Waals surface area contributed by atoms with Crippen molar-refractivity contribution in [2.75, 3.05) is 12.4 Å². The molecule has 1 unspecified atom stereocenters. The fraction of sp³-hybridized carbons (Fsp3) is 0.300. The van der Waals surface area contributed by atoms with E-state index in [0.29, 0.717) is 33.7 Å². The lowest BCUT2D eigenvalue weighted by Gasteiger charge is -2.22. The van der Waals surface area contributed by atoms with Gasteiger partial charge in [0, 0.05) is 16.1 Å². The molecule has 0 aliphatic carbocycles. The number of ether oxygens (including phenoxy) is 1. The van der Waals surface area contributed by atoms with Crippen molar-refractivity contribution in [2.24, 2.45) is 5.92 Å². The van der Waals surface area contributed by atoms with E-state index in [1.165, 1.54) is 19.2 Å². The molecule has 0 spiro atoms. The third-order valence-electron chi connectivity index (χ3n) is 3.93. The van der Waals surface area contributed by atoms with E-state index in [-0.39, 0.29) is 17.7 Å². The second kappa shape index (κ2) is 10.1. The highest BCUT2D eigenvalue weighted by molar-refractivity contribution is 7.99. The van der Waals surface area contributed by atoms with Gasteiger partial charge >= 0.3 is 0 Å². The Morgan fingerprint density at radius 2 is 1.61 bits per heavy atom. The van der Waals surface area contributed by atoms with Gasteiger partial charge in [-0.25, -0.2) is 0 Å². The van der Waals surface area contributed by atoms with Crippen molar-refractivity contribution >= 4 is 29.3 Å². The molecular formula is C20H22F2N2O3S. The second-order valence-corrected chi connectivity index (χ2v) is 7.38. The van der Waals surface area contributed by atoms with Crippen molar-refractivity contribution in [3.63, 3.8) is 0 Å². The summed E-state index contributed by atoms with van der Waals surface area (Å²) >= 11 is 0.434. The van der Waals surface area contributed by atoms with E-state index in [1.807, 2.05) is 13.8 Å². The largest absolute Gasteiger partial charge is 0.497 e. The molecule has 0 aromatic heterocycles. The lowest BCUT2D eigenvalue weighted by molar-refractivity contribution is -0.118. The third kappa shape index (κ3) is 6.23. The number of hydrogen-bond donors (Lipinski definition) is 2. The second-order valence-electron chi connectivity index (χ2n) is 6.32. The highest BCUT2D eigenvalue weighted by Crippen LogP contribution is 2.26. The molecule has 0 aliphatic heterocycles. The van der Waals surface area contributed by atoms with Crippen LogP contribution in [0.15, 0.2) is 53.4 Å². The van der Waals surface area contributed by atoms with Crippen LogP contribution in [0.5, 0.6) is 5.75 Å². The number of rotatable bonds is 8. The van der Waals surface area contributed by atoms with Crippen LogP contribution in [0.3, 0.4) is 0 Å². The zero-order valence-electron chi connectivity index (χ0n) is 15.7. The van der Waals surface area contributed by atoms with Gasteiger partial charge in [-0.15, -0.1) is 0 Å². The van der Waals surface area contributed by atoms with Gasteiger partial charge in [0.2, 0.25) is 5.91 Å². The summed E-state index contributed by atoms with van der Waals surface area (Å²) in [6, 6.07) is 11.9. The highest BCUT2D eigenvalue weighted by Gasteiger charge is 2.25. The van der Waals surface area contributed by atoms with Crippen LogP contribution in [0, 0.1) is 5.92 Å². The first-order valence-corrected chi connectivity index (χ1v) is 9.48. The molecular weight excluding hydrogens is 386 g/mol. The molecule has 1 atom stereocenters. The Kier molecular flexibility index (Phi) is 7.80. The fourth-order valence-corrected chi connectivity index (χ4v) is 2.94. The molecule has 2 aromatic rings. The van der Waals surface area contributed by atoms with Gasteiger partial charge in [-0.3, -0.25) is 9.59 Å². The summed E-state index contributed by atoms with van der Waals surface area (Å²) in [7, 11) is 1.53. The van der Waals surface area contributed by atoms with E-state index in [9.17, 15) is 18.4 Å². The molecule has 2 N–H and O–H groups in total. The van der Waals surface area contributed by atoms with Crippen molar-refractivity contribution in [1.82, 2.24) is 5.32 Å². The molecule has 0 heterocycles. The van der Waals surface area contributed by atoms with Crippen molar-refractivity contribution in [3.8, 4) is 5.75 Å². The number of halogens is 2. The summed E-state index contributed by atoms with van der Waals surface area (Å²) in [5.74, 6) is -2.79. The maximum absolute atomic E-state index is 12.6. The van der Waals surface area contributed by atoms with Crippen molar-refractivity contribution < 1.29 is 23.1 Å². The van der Waals surface area contributed by atoms with E-state index < -0.39 is 11.8 Å². The van der Waals surface area contributed by atoms with Crippen molar-refractivity contribution in [3.05, 3.63) is 54.1 Å². The van der Waals surface area contributed by atoms with Crippen LogP contribution in [0.2, 0.25) is 0 Å². The van der Waals surface area contributed by atoms with Gasteiger partial charge in [0.25, 0.3) is 11.7 Å². The Morgan fingerprint density at radius 1 is 1.00 bits per heavy atom. The van der Waals surface area contributed by atoms with Gasteiger partial charge < -0.3 is 15.4 Å². The Bertz CT molecular complexity index is 796. The number of anilines is 1. The van der Waals surface area contributed by atoms with Crippen LogP contribution in [0.4, 0.5) is 14.5 Å². The fourth-order valence-electron chi connectivity index (χ4n) is 2.44. The molecule has 0 saturated heterocycles. The van der Waals surface area contributed by atoms with Crippen LogP contribution in [0.25, 0.3) is 0 Å². The molecule has 150 valence electrons. The number of thioether (sulfide) groups is 1. The first-order valence-electron chi connectivity index (χ1n) is 8.61. The topological polar surface area (TPSA) is 67.4 Å². The monoisotopic (exact) mass is 408 g/mol. The maximum atomic E-state index is 12.6. The minimum Gasteiger partial charge on any atom is -0.497 e. The van der Waals surface area contributed by atoms with Crippen LogP contribution in [-0.2, 0) is 4.79 Å². The van der Waals surface area contributed by atoms with E-state index >= 15 is 0 Å². The molecule has 5 nitrogen and oxygen atoms in total. The lowest BCUT2D eigenvalue weighted by atomic mass is 10.0. The van der Waals surface area contributed by atoms with E-state index in [2.05, 4.69) is 10.6 Å². The molecule has 2 amide bonds. The Balaban J connectivity index is 2.03. The van der Waals surface area contributed by atoms with Crippen molar-refractivity contribution in [2.45, 2.75) is 30.5 Å². The first kappa shape index (κ1) is 21.7. The molecule has 0 bridgehead atoms. The minimum absolute atomic E-state index is 0.157. The average molecular weight is 408 g/mol. The third-order valence-corrected chi connectivity index (χ3v) is 4.66. The summed E-state index contributed by atoms with van der Waals surface area (Å²) in [5, 5.41) is 5.44. The standard InChI is InChI=1S/C20H22F2N2O3S/c1-12(2)17(24-18(25)13-4-8-15(27-3)9-5-13)19(26)23-14-6-10-16(11-7-14)28-20(21)22/h4-12,17,20H,1-3H3,(H,23,26)(H,24,25). The summed E-state index contributed by atoms with van der Waals surface area (Å²) in [6.07, 6.45) is 0. The summed E-state index contributed by atoms with van der Waals surface area (Å²) < 4.78 is 29.8. The molecule has 8 heteroatoms. The summed E-state index contributed by atoms with van der Waals surface area (Å²) in [4.78, 5) is 25.5. The first-order chi connectivity index (χ1) is 13.3. The SMILES string of the molecule is COc1ccc(C(=O)NC(C(=O)Nc2ccc(SC(F)F)cc2)C(C)C)cc1. The van der Waals surface area contributed by atoms with Gasteiger partial charge in [-0.1, -0.05) is 25.6 Å². The highest BCUT2D eigenvalue weighted by atomic mass is 32.2. The number of nitrogens with one attached hydrogen (secondary N) is 2. The number of hydrogen-bond acceptors (Lipinski definition) is 4. The molecule has 0 fully saturated rings. The predicted octanol–water partition coefficient (Wildman–Crippen LogP) is 4.40. The normalized spacial score (nSPS) is 12.0. The Morgan fingerprint density at radius 3 is 2.11 bits per heavy atom. The van der Waals surface area contributed by atoms with Gasteiger partial charge in [0.1, 0.15) is 11.8 Å². The van der Waals surface area contributed by atoms with Crippen LogP contribution in [-0.4, -0.2) is 30.7 Å². The van der Waals surface area contributed by atoms with Gasteiger partial charge in [-0.05, 0) is 54.4 Å². The van der Waals surface area contributed by atoms with Gasteiger partial charge in [0.15, 0.2) is 0 Å². The molecule has 2 rings (SSSR count). The van der Waals surface area contributed by atoms with E-state index in [0.717, 1.165) is 0 Å². The molecule has 0 saturated carbocycles. The Hall–Kier alpha value is -2.61. The number of carbonyl (C=O) groups excluding carboxylic acids is 2. The summed E-state index contributed by atoms with van der Waals surface area (Å²) in [5.41, 5.74) is 0.876. The van der Waals surface area contributed by atoms with Gasteiger partial charge in [-0.2, -0.15) is 8.78 Å². The number of alkyl halides is 2. The molecule has 0 radical (unpaired) electrons. The molecule has 2 aromatic carbocycles. The van der Waals surface area contributed by atoms with Gasteiger partial charge in [0.05, 0.1) is 7.11 Å².